The van der Waals surface area contributed by atoms with Crippen LogP contribution >= 0.6 is 15.9 Å². The number of halogens is 1. The van der Waals surface area contributed by atoms with Gasteiger partial charge in [-0.3, -0.25) is 10.2 Å². The first kappa shape index (κ1) is 16.6. The molecule has 4 saturated carbocycles. The van der Waals surface area contributed by atoms with Gasteiger partial charge in [0.2, 0.25) is 0 Å². The molecule has 0 unspecified atom stereocenters. The van der Waals surface area contributed by atoms with Gasteiger partial charge in [-0.05, 0) is 91.5 Å². The fraction of sp³-hybridized carbons (Fsp3) is 0.476. The van der Waals surface area contributed by atoms with Gasteiger partial charge in [0.05, 0.1) is 0 Å². The molecule has 6 rings (SSSR count). The summed E-state index contributed by atoms with van der Waals surface area (Å²) in [6.45, 7) is 0. The van der Waals surface area contributed by atoms with E-state index in [1.165, 1.54) is 44.1 Å². The van der Waals surface area contributed by atoms with Crippen molar-refractivity contribution in [2.45, 2.75) is 43.9 Å². The van der Waals surface area contributed by atoms with E-state index in [4.69, 9.17) is 10.3 Å². The number of nitrogen functional groups attached to an aromatic ring is 1. The molecule has 0 saturated heterocycles. The third kappa shape index (κ3) is 2.55. The SMILES string of the molecule is NNC(=O)c1ccc(-c2ccc(C34CC5CC(CC(C5)C3)C4)cc2Br)o1. The van der Waals surface area contributed by atoms with Crippen LogP contribution in [0.1, 0.15) is 54.6 Å². The van der Waals surface area contributed by atoms with E-state index >= 15 is 0 Å². The maximum Gasteiger partial charge on any atom is 0.300 e. The molecule has 0 spiro atoms. The maximum atomic E-state index is 11.6. The molecule has 4 nitrogen and oxygen atoms in total. The highest BCUT2D eigenvalue weighted by Gasteiger charge is 2.51. The predicted octanol–water partition coefficient (Wildman–Crippen LogP) is 4.78. The lowest BCUT2D eigenvalue weighted by molar-refractivity contribution is -0.00520. The second kappa shape index (κ2) is 5.96. The fourth-order valence-electron chi connectivity index (χ4n) is 6.18. The van der Waals surface area contributed by atoms with Gasteiger partial charge >= 0.3 is 5.91 Å². The normalized spacial score (nSPS) is 32.0. The maximum absolute atomic E-state index is 11.6. The molecule has 1 amide bonds. The zero-order valence-electron chi connectivity index (χ0n) is 14.6. The van der Waals surface area contributed by atoms with Crippen LogP contribution in [0.25, 0.3) is 11.3 Å². The van der Waals surface area contributed by atoms with Gasteiger partial charge in [0.1, 0.15) is 5.76 Å². The molecule has 3 N–H and O–H groups in total. The minimum atomic E-state index is -0.419. The second-order valence-electron chi connectivity index (χ2n) is 8.53. The van der Waals surface area contributed by atoms with E-state index < -0.39 is 5.91 Å². The molecule has 1 heterocycles. The average Bonchev–Trinajstić information content (AvgIpc) is 3.09. The molecule has 4 bridgehead atoms. The Balaban J connectivity index is 1.47. The van der Waals surface area contributed by atoms with Crippen molar-refractivity contribution in [3.8, 4) is 11.3 Å². The van der Waals surface area contributed by atoms with E-state index in [-0.39, 0.29) is 5.76 Å². The third-order valence-electron chi connectivity index (χ3n) is 6.85. The summed E-state index contributed by atoms with van der Waals surface area (Å²) in [5.74, 6) is 8.45. The molecule has 1 aromatic carbocycles. The van der Waals surface area contributed by atoms with Gasteiger partial charge in [-0.15, -0.1) is 0 Å². The van der Waals surface area contributed by atoms with Crippen LogP contribution in [0.4, 0.5) is 0 Å². The van der Waals surface area contributed by atoms with Crippen molar-refractivity contribution in [3.05, 3.63) is 46.1 Å². The lowest BCUT2D eigenvalue weighted by atomic mass is 9.48. The van der Waals surface area contributed by atoms with E-state index in [0.29, 0.717) is 11.2 Å². The minimum Gasteiger partial charge on any atom is -0.451 e. The summed E-state index contributed by atoms with van der Waals surface area (Å²) in [5.41, 5.74) is 4.92. The van der Waals surface area contributed by atoms with Crippen LogP contribution in [0, 0.1) is 17.8 Å². The molecule has 5 heteroatoms. The summed E-state index contributed by atoms with van der Waals surface area (Å²) in [6.07, 6.45) is 8.43. The van der Waals surface area contributed by atoms with E-state index in [2.05, 4.69) is 39.6 Å². The summed E-state index contributed by atoms with van der Waals surface area (Å²) >= 11 is 3.74. The Morgan fingerprint density at radius 1 is 1.08 bits per heavy atom. The number of amides is 1. The van der Waals surface area contributed by atoms with Crippen molar-refractivity contribution in [2.24, 2.45) is 23.6 Å². The van der Waals surface area contributed by atoms with Gasteiger partial charge in [0, 0.05) is 10.0 Å². The van der Waals surface area contributed by atoms with Crippen LogP contribution < -0.4 is 11.3 Å². The lowest BCUT2D eigenvalue weighted by Crippen LogP contribution is -2.48. The number of benzene rings is 1. The molecule has 1 aromatic heterocycles. The highest BCUT2D eigenvalue weighted by Crippen LogP contribution is 2.61. The number of hydrogen-bond acceptors (Lipinski definition) is 3. The predicted molar refractivity (Wildman–Crippen MR) is 103 cm³/mol. The summed E-state index contributed by atoms with van der Waals surface area (Å²) < 4.78 is 6.70. The molecule has 4 fully saturated rings. The molecular formula is C21H23BrN2O2. The van der Waals surface area contributed by atoms with Gasteiger partial charge in [-0.2, -0.15) is 0 Å². The topological polar surface area (TPSA) is 68.3 Å². The lowest BCUT2D eigenvalue weighted by Gasteiger charge is -2.57. The zero-order valence-corrected chi connectivity index (χ0v) is 16.2. The van der Waals surface area contributed by atoms with Crippen LogP contribution in [-0.4, -0.2) is 5.91 Å². The van der Waals surface area contributed by atoms with Crippen LogP contribution in [0.15, 0.2) is 39.2 Å². The monoisotopic (exact) mass is 414 g/mol. The third-order valence-corrected chi connectivity index (χ3v) is 7.50. The average molecular weight is 415 g/mol. The summed E-state index contributed by atoms with van der Waals surface area (Å²) in [7, 11) is 0. The second-order valence-corrected chi connectivity index (χ2v) is 9.38. The van der Waals surface area contributed by atoms with Crippen LogP contribution in [-0.2, 0) is 5.41 Å². The van der Waals surface area contributed by atoms with Crippen molar-refractivity contribution in [1.82, 2.24) is 5.43 Å². The van der Waals surface area contributed by atoms with Crippen molar-refractivity contribution < 1.29 is 9.21 Å². The van der Waals surface area contributed by atoms with Crippen molar-refractivity contribution >= 4 is 21.8 Å². The molecule has 4 aliphatic carbocycles. The Hall–Kier alpha value is -1.59. The summed E-state index contributed by atoms with van der Waals surface area (Å²) in [4.78, 5) is 11.6. The smallest absolute Gasteiger partial charge is 0.300 e. The van der Waals surface area contributed by atoms with Crippen LogP contribution in [0.3, 0.4) is 0 Å². The van der Waals surface area contributed by atoms with E-state index in [9.17, 15) is 4.79 Å². The number of hydrazine groups is 1. The summed E-state index contributed by atoms with van der Waals surface area (Å²) in [5, 5.41) is 0. The Morgan fingerprint density at radius 3 is 2.31 bits per heavy atom. The molecular weight excluding hydrogens is 392 g/mol. The highest BCUT2D eigenvalue weighted by atomic mass is 79.9. The molecule has 0 aliphatic heterocycles. The van der Waals surface area contributed by atoms with Crippen LogP contribution in [0.5, 0.6) is 0 Å². The number of nitrogens with two attached hydrogens (primary N) is 1. The molecule has 136 valence electrons. The number of furan rings is 1. The zero-order chi connectivity index (χ0) is 17.9. The first-order valence-corrected chi connectivity index (χ1v) is 10.3. The molecule has 26 heavy (non-hydrogen) atoms. The molecule has 0 atom stereocenters. The molecule has 2 aromatic rings. The van der Waals surface area contributed by atoms with Crippen molar-refractivity contribution in [2.75, 3.05) is 0 Å². The number of nitrogens with one attached hydrogen (secondary N) is 1. The largest absolute Gasteiger partial charge is 0.451 e. The summed E-state index contributed by atoms with van der Waals surface area (Å²) in [6, 6.07) is 10.2. The minimum absolute atomic E-state index is 0.222. The van der Waals surface area contributed by atoms with Gasteiger partial charge in [-0.25, -0.2) is 5.84 Å². The standard InChI is InChI=1S/C21H23BrN2O2/c22-17-8-15(21-9-12-5-13(10-21)7-14(6-12)11-21)1-2-16(17)18-3-4-19(26-18)20(25)24-23/h1-4,8,12-14H,5-7,9-11,23H2,(H,24,25). The highest BCUT2D eigenvalue weighted by molar-refractivity contribution is 9.10. The first-order chi connectivity index (χ1) is 12.6. The number of rotatable bonds is 3. The Morgan fingerprint density at radius 2 is 1.73 bits per heavy atom. The van der Waals surface area contributed by atoms with Gasteiger partial charge < -0.3 is 4.42 Å². The Kier molecular flexibility index (Phi) is 3.80. The van der Waals surface area contributed by atoms with Crippen LogP contribution in [0.2, 0.25) is 0 Å². The number of hydrogen-bond donors (Lipinski definition) is 2. The van der Waals surface area contributed by atoms with Gasteiger partial charge in [0.15, 0.2) is 5.76 Å². The molecule has 0 radical (unpaired) electrons. The Labute approximate surface area is 161 Å². The molecule has 4 aliphatic rings. The Bertz CT molecular complexity index is 837. The van der Waals surface area contributed by atoms with Crippen molar-refractivity contribution in [3.63, 3.8) is 0 Å². The van der Waals surface area contributed by atoms with E-state index in [1.807, 2.05) is 6.07 Å². The van der Waals surface area contributed by atoms with Crippen molar-refractivity contribution in [1.29, 1.82) is 0 Å². The fourth-order valence-corrected chi connectivity index (χ4v) is 6.76. The van der Waals surface area contributed by atoms with Gasteiger partial charge in [-0.1, -0.05) is 22.0 Å². The quantitative estimate of drug-likeness (QED) is 0.431. The number of carbonyl (C=O) groups excluding carboxylic acids is 1. The van der Waals surface area contributed by atoms with Gasteiger partial charge in [0.25, 0.3) is 0 Å². The van der Waals surface area contributed by atoms with E-state index in [0.717, 1.165) is 27.8 Å². The first-order valence-electron chi connectivity index (χ1n) is 9.47. The number of carbonyl (C=O) groups is 1. The van der Waals surface area contributed by atoms with E-state index in [1.54, 1.807) is 6.07 Å².